The van der Waals surface area contributed by atoms with Gasteiger partial charge in [0.05, 0.1) is 11.4 Å². The van der Waals surface area contributed by atoms with Crippen molar-refractivity contribution >= 4 is 28.7 Å². The predicted octanol–water partition coefficient (Wildman–Crippen LogP) is 5.14. The summed E-state index contributed by atoms with van der Waals surface area (Å²) in [6.07, 6.45) is 0. The summed E-state index contributed by atoms with van der Waals surface area (Å²) in [5.41, 5.74) is 4.20. The lowest BCUT2D eigenvalue weighted by Gasteiger charge is -2.04. The molecule has 0 bridgehead atoms. The van der Waals surface area contributed by atoms with E-state index in [0.717, 1.165) is 22.9 Å². The van der Waals surface area contributed by atoms with Crippen molar-refractivity contribution in [1.82, 2.24) is 9.38 Å². The summed E-state index contributed by atoms with van der Waals surface area (Å²) in [7, 11) is 0. The van der Waals surface area contributed by atoms with E-state index in [-0.39, 0.29) is 11.8 Å². The molecule has 25 heavy (non-hydrogen) atoms. The number of hydrogen-bond donors (Lipinski definition) is 1. The van der Waals surface area contributed by atoms with Crippen LogP contribution >= 0.6 is 0 Å². The number of hydrogen-bond acceptors (Lipinski definition) is 4. The third kappa shape index (κ3) is 3.57. The number of carbonyl (C=O) groups excluding carboxylic acids is 1. The molecule has 2 aromatic heterocycles. The van der Waals surface area contributed by atoms with E-state index < -0.39 is 0 Å². The number of benzene rings is 1. The van der Waals surface area contributed by atoms with Crippen LogP contribution in [0.15, 0.2) is 52.7 Å². The van der Waals surface area contributed by atoms with Crippen LogP contribution in [0, 0.1) is 6.92 Å². The Morgan fingerprint density at radius 1 is 1.16 bits per heavy atom. The van der Waals surface area contributed by atoms with Crippen LogP contribution in [0.1, 0.15) is 38.1 Å². The number of aromatic nitrogens is 2. The normalized spacial score (nSPS) is 11.6. The number of fused-ring (bicyclic) bond motifs is 1. The number of amides is 1. The van der Waals surface area contributed by atoms with Gasteiger partial charge in [0, 0.05) is 18.3 Å². The van der Waals surface area contributed by atoms with E-state index in [2.05, 4.69) is 29.4 Å². The molecule has 1 N–H and O–H groups in total. The average Bonchev–Trinajstić information content (AvgIpc) is 2.93. The molecule has 0 atom stereocenters. The zero-order valence-corrected chi connectivity index (χ0v) is 14.8. The van der Waals surface area contributed by atoms with Crippen molar-refractivity contribution in [2.24, 2.45) is 10.2 Å². The van der Waals surface area contributed by atoms with Crippen LogP contribution < -0.4 is 5.32 Å². The minimum Gasteiger partial charge on any atom is -0.326 e. The third-order valence-corrected chi connectivity index (χ3v) is 3.81. The second-order valence-electron chi connectivity index (χ2n) is 6.27. The molecular formula is C19H21N5O. The summed E-state index contributed by atoms with van der Waals surface area (Å²) in [4.78, 5) is 15.9. The molecule has 6 nitrogen and oxygen atoms in total. The Morgan fingerprint density at radius 3 is 2.64 bits per heavy atom. The maximum atomic E-state index is 11.2. The van der Waals surface area contributed by atoms with E-state index in [0.29, 0.717) is 11.4 Å². The van der Waals surface area contributed by atoms with Crippen molar-refractivity contribution < 1.29 is 4.79 Å². The van der Waals surface area contributed by atoms with Crippen molar-refractivity contribution in [2.75, 3.05) is 5.32 Å². The molecule has 0 aliphatic rings. The molecule has 0 fully saturated rings. The Labute approximate surface area is 146 Å². The Hall–Kier alpha value is -3.02. The lowest BCUT2D eigenvalue weighted by molar-refractivity contribution is -0.114. The molecule has 3 rings (SSSR count). The second kappa shape index (κ2) is 6.84. The summed E-state index contributed by atoms with van der Waals surface area (Å²) < 4.78 is 2.01. The largest absolute Gasteiger partial charge is 0.326 e. The summed E-state index contributed by atoms with van der Waals surface area (Å²) >= 11 is 0. The molecule has 1 aromatic carbocycles. The number of nitrogens with one attached hydrogen (secondary N) is 1. The number of rotatable bonds is 4. The van der Waals surface area contributed by atoms with Gasteiger partial charge in [0.1, 0.15) is 5.65 Å². The van der Waals surface area contributed by atoms with E-state index in [1.807, 2.05) is 47.7 Å². The molecule has 0 saturated carbocycles. The van der Waals surface area contributed by atoms with Gasteiger partial charge >= 0.3 is 0 Å². The van der Waals surface area contributed by atoms with Gasteiger partial charge in [0.25, 0.3) is 0 Å². The lowest BCUT2D eigenvalue weighted by Crippen LogP contribution is -2.04. The number of aryl methyl sites for hydroxylation is 1. The van der Waals surface area contributed by atoms with Gasteiger partial charge in [-0.05, 0) is 43.2 Å². The maximum Gasteiger partial charge on any atom is 0.221 e. The summed E-state index contributed by atoms with van der Waals surface area (Å²) in [6.45, 7) is 7.68. The van der Waals surface area contributed by atoms with Crippen LogP contribution in [0.3, 0.4) is 0 Å². The number of nitrogens with zero attached hydrogens (tertiary/aromatic N) is 4. The van der Waals surface area contributed by atoms with Gasteiger partial charge in [-0.2, -0.15) is 0 Å². The molecule has 0 saturated heterocycles. The van der Waals surface area contributed by atoms with E-state index in [9.17, 15) is 4.79 Å². The number of azo groups is 1. The van der Waals surface area contributed by atoms with Crippen molar-refractivity contribution in [2.45, 2.75) is 33.6 Å². The SMILES string of the molecule is CC(=O)Nc1cccc(N=Nc2c(C(C)C)nc3cccc(C)n23)c1. The summed E-state index contributed by atoms with van der Waals surface area (Å²) in [5.74, 6) is 0.862. The molecule has 0 unspecified atom stereocenters. The van der Waals surface area contributed by atoms with E-state index in [4.69, 9.17) is 4.98 Å². The van der Waals surface area contributed by atoms with Crippen molar-refractivity contribution in [3.63, 3.8) is 0 Å². The van der Waals surface area contributed by atoms with Crippen LogP contribution in [0.5, 0.6) is 0 Å². The topological polar surface area (TPSA) is 71.1 Å². The van der Waals surface area contributed by atoms with Crippen molar-refractivity contribution in [3.8, 4) is 0 Å². The number of pyridine rings is 1. The highest BCUT2D eigenvalue weighted by atomic mass is 16.1. The van der Waals surface area contributed by atoms with Gasteiger partial charge in [0.2, 0.25) is 5.91 Å². The van der Waals surface area contributed by atoms with E-state index in [1.54, 1.807) is 6.07 Å². The molecule has 0 aliphatic carbocycles. The standard InChI is InChI=1S/C19H21N5O/c1-12(2)18-19(24-13(3)7-5-10-17(24)21-18)23-22-16-9-6-8-15(11-16)20-14(4)25/h5-12H,1-4H3,(H,20,25). The zero-order chi connectivity index (χ0) is 18.0. The van der Waals surface area contributed by atoms with Gasteiger partial charge in [-0.1, -0.05) is 26.0 Å². The number of anilines is 1. The van der Waals surface area contributed by atoms with E-state index >= 15 is 0 Å². The quantitative estimate of drug-likeness (QED) is 0.671. The first kappa shape index (κ1) is 16.8. The minimum absolute atomic E-state index is 0.117. The number of imidazole rings is 1. The molecule has 0 spiro atoms. The van der Waals surface area contributed by atoms with Gasteiger partial charge in [-0.25, -0.2) is 4.98 Å². The first-order valence-electron chi connectivity index (χ1n) is 8.23. The Bertz CT molecular complexity index is 956. The highest BCUT2D eigenvalue weighted by Crippen LogP contribution is 2.30. The van der Waals surface area contributed by atoms with Gasteiger partial charge in [-0.3, -0.25) is 9.20 Å². The Kier molecular flexibility index (Phi) is 4.61. The third-order valence-electron chi connectivity index (χ3n) is 3.81. The summed E-state index contributed by atoms with van der Waals surface area (Å²) in [6, 6.07) is 13.3. The second-order valence-corrected chi connectivity index (χ2v) is 6.27. The Morgan fingerprint density at radius 2 is 1.92 bits per heavy atom. The Balaban J connectivity index is 2.04. The molecule has 3 aromatic rings. The fourth-order valence-electron chi connectivity index (χ4n) is 2.69. The molecule has 1 amide bonds. The monoisotopic (exact) mass is 335 g/mol. The van der Waals surface area contributed by atoms with Gasteiger partial charge in [0.15, 0.2) is 5.82 Å². The maximum absolute atomic E-state index is 11.2. The molecule has 0 aliphatic heterocycles. The highest BCUT2D eigenvalue weighted by Gasteiger charge is 2.16. The van der Waals surface area contributed by atoms with Crippen molar-refractivity contribution in [3.05, 3.63) is 53.9 Å². The smallest absolute Gasteiger partial charge is 0.221 e. The lowest BCUT2D eigenvalue weighted by atomic mass is 10.1. The molecule has 6 heteroatoms. The van der Waals surface area contributed by atoms with Crippen LogP contribution in [0.2, 0.25) is 0 Å². The molecule has 2 heterocycles. The van der Waals surface area contributed by atoms with Crippen molar-refractivity contribution in [1.29, 1.82) is 0 Å². The molecular weight excluding hydrogens is 314 g/mol. The average molecular weight is 335 g/mol. The summed E-state index contributed by atoms with van der Waals surface area (Å²) in [5, 5.41) is 11.6. The molecule has 128 valence electrons. The molecule has 0 radical (unpaired) electrons. The van der Waals surface area contributed by atoms with Gasteiger partial charge in [-0.15, -0.1) is 10.2 Å². The van der Waals surface area contributed by atoms with E-state index in [1.165, 1.54) is 6.92 Å². The van der Waals surface area contributed by atoms with Crippen LogP contribution in [0.4, 0.5) is 17.2 Å². The fraction of sp³-hybridized carbons (Fsp3) is 0.263. The zero-order valence-electron chi connectivity index (χ0n) is 14.8. The highest BCUT2D eigenvalue weighted by molar-refractivity contribution is 5.89. The first-order chi connectivity index (χ1) is 12.0. The predicted molar refractivity (Wildman–Crippen MR) is 98.9 cm³/mol. The number of carbonyl (C=O) groups is 1. The van der Waals surface area contributed by atoms with Crippen LogP contribution in [-0.2, 0) is 4.79 Å². The minimum atomic E-state index is -0.117. The first-order valence-corrected chi connectivity index (χ1v) is 8.23. The van der Waals surface area contributed by atoms with Gasteiger partial charge < -0.3 is 5.32 Å². The van der Waals surface area contributed by atoms with Crippen LogP contribution in [0.25, 0.3) is 5.65 Å². The van der Waals surface area contributed by atoms with Crippen LogP contribution in [-0.4, -0.2) is 15.3 Å². The fourth-order valence-corrected chi connectivity index (χ4v) is 2.69.